The number of hydrogen-bond donors (Lipinski definition) is 0. The molecule has 0 amide bonds. The van der Waals surface area contributed by atoms with Crippen molar-refractivity contribution in [1.29, 1.82) is 0 Å². The zero-order valence-corrected chi connectivity index (χ0v) is 29.9. The van der Waals surface area contributed by atoms with Crippen LogP contribution in [0.4, 0.5) is 0 Å². The molecule has 0 N–H and O–H groups in total. The molecule has 0 unspecified atom stereocenters. The number of nitrogens with zero attached hydrogens (tertiary/aromatic N) is 3. The van der Waals surface area contributed by atoms with E-state index in [9.17, 15) is 0 Å². The maximum absolute atomic E-state index is 5.06. The summed E-state index contributed by atoms with van der Waals surface area (Å²) < 4.78 is 0. The van der Waals surface area contributed by atoms with Gasteiger partial charge in [-0.2, -0.15) is 0 Å². The third kappa shape index (κ3) is 4.80. The van der Waals surface area contributed by atoms with Gasteiger partial charge < -0.3 is 0 Å². The molecule has 55 heavy (non-hydrogen) atoms. The van der Waals surface area contributed by atoms with Gasteiger partial charge in [0.1, 0.15) is 0 Å². The summed E-state index contributed by atoms with van der Waals surface area (Å²) in [5.41, 5.74) is 17.8. The van der Waals surface area contributed by atoms with Gasteiger partial charge >= 0.3 is 0 Å². The Morgan fingerprint density at radius 3 is 1.13 bits per heavy atom. The van der Waals surface area contributed by atoms with Crippen LogP contribution >= 0.6 is 0 Å². The highest BCUT2D eigenvalue weighted by Crippen LogP contribution is 2.63. The Balaban J connectivity index is 1.03. The van der Waals surface area contributed by atoms with Gasteiger partial charge in [0.2, 0.25) is 0 Å². The monoisotopic (exact) mass is 699 g/mol. The van der Waals surface area contributed by atoms with Crippen molar-refractivity contribution >= 4 is 0 Å². The summed E-state index contributed by atoms with van der Waals surface area (Å²) in [6, 6.07) is 71.5. The van der Waals surface area contributed by atoms with Crippen LogP contribution in [0.3, 0.4) is 0 Å². The van der Waals surface area contributed by atoms with E-state index in [1.807, 2.05) is 36.4 Å². The predicted octanol–water partition coefficient (Wildman–Crippen LogP) is 12.6. The van der Waals surface area contributed by atoms with Crippen molar-refractivity contribution in [3.05, 3.63) is 222 Å². The maximum atomic E-state index is 5.06. The standard InChI is InChI=1S/C52H33N3/c1-3-14-34(15-4-1)35-26-30-38(31-27-35)50-53-49(37-16-5-2-6-17-37)54-51(55-50)39-32-28-36(29-33-39)40-21-13-25-47-48(40)43-20-9-12-24-46(43)52(47)44-22-10-7-18-41(44)42-19-8-11-23-45(42)52/h1-33H. The van der Waals surface area contributed by atoms with Crippen LogP contribution in [0.25, 0.3) is 78.7 Å². The molecule has 1 heterocycles. The van der Waals surface area contributed by atoms with Crippen LogP contribution in [0, 0.1) is 0 Å². The molecule has 9 aromatic rings. The van der Waals surface area contributed by atoms with E-state index in [1.54, 1.807) is 0 Å². The van der Waals surface area contributed by atoms with E-state index in [2.05, 4.69) is 164 Å². The lowest BCUT2D eigenvalue weighted by Crippen LogP contribution is -2.25. The minimum Gasteiger partial charge on any atom is -0.208 e. The van der Waals surface area contributed by atoms with Crippen molar-refractivity contribution in [3.8, 4) is 78.7 Å². The van der Waals surface area contributed by atoms with Gasteiger partial charge in [-0.15, -0.1) is 0 Å². The SMILES string of the molecule is c1ccc(-c2ccc(-c3nc(-c4ccccc4)nc(-c4ccc(-c5cccc6c5-c5ccccc5C65c6ccccc6-c6ccccc65)cc4)n3)cc2)cc1. The first kappa shape index (κ1) is 31.3. The molecule has 2 aliphatic rings. The zero-order valence-electron chi connectivity index (χ0n) is 29.9. The Kier molecular flexibility index (Phi) is 7.08. The van der Waals surface area contributed by atoms with Crippen molar-refractivity contribution in [2.45, 2.75) is 5.41 Å². The Labute approximate surface area is 320 Å². The normalized spacial score (nSPS) is 12.9. The van der Waals surface area contributed by atoms with Crippen LogP contribution in [0.1, 0.15) is 22.3 Å². The first-order valence-corrected chi connectivity index (χ1v) is 18.8. The van der Waals surface area contributed by atoms with Crippen LogP contribution in [0.2, 0.25) is 0 Å². The molecule has 0 radical (unpaired) electrons. The van der Waals surface area contributed by atoms with E-state index < -0.39 is 0 Å². The molecule has 8 aromatic carbocycles. The van der Waals surface area contributed by atoms with Gasteiger partial charge in [0.05, 0.1) is 5.41 Å². The van der Waals surface area contributed by atoms with Crippen LogP contribution in [0.15, 0.2) is 200 Å². The van der Waals surface area contributed by atoms with Gasteiger partial charge in [-0.3, -0.25) is 0 Å². The van der Waals surface area contributed by atoms with Crippen LogP contribution < -0.4 is 0 Å². The molecular formula is C52H33N3. The van der Waals surface area contributed by atoms with Crippen molar-refractivity contribution in [2.24, 2.45) is 0 Å². The molecule has 1 spiro atoms. The number of aromatic nitrogens is 3. The number of hydrogen-bond acceptors (Lipinski definition) is 3. The Morgan fingerprint density at radius 2 is 0.582 bits per heavy atom. The average Bonchev–Trinajstić information content (AvgIpc) is 3.75. The summed E-state index contributed by atoms with van der Waals surface area (Å²) in [5, 5.41) is 0. The van der Waals surface area contributed by atoms with Gasteiger partial charge in [0.25, 0.3) is 0 Å². The van der Waals surface area contributed by atoms with Crippen molar-refractivity contribution in [1.82, 2.24) is 15.0 Å². The minimum absolute atomic E-state index is 0.372. The molecule has 0 saturated carbocycles. The minimum atomic E-state index is -0.372. The highest BCUT2D eigenvalue weighted by atomic mass is 15.0. The van der Waals surface area contributed by atoms with Gasteiger partial charge in [0, 0.05) is 16.7 Å². The van der Waals surface area contributed by atoms with E-state index in [0.29, 0.717) is 17.5 Å². The highest BCUT2D eigenvalue weighted by molar-refractivity contribution is 6.00. The Bertz CT molecular complexity index is 2850. The van der Waals surface area contributed by atoms with E-state index in [-0.39, 0.29) is 5.41 Å². The molecule has 1 aromatic heterocycles. The van der Waals surface area contributed by atoms with E-state index in [0.717, 1.165) is 27.8 Å². The Hall–Kier alpha value is -7.23. The fraction of sp³-hybridized carbons (Fsp3) is 0.0192. The fourth-order valence-electron chi connectivity index (χ4n) is 8.98. The van der Waals surface area contributed by atoms with Gasteiger partial charge in [-0.05, 0) is 66.8 Å². The predicted molar refractivity (Wildman–Crippen MR) is 223 cm³/mol. The second kappa shape index (κ2) is 12.4. The van der Waals surface area contributed by atoms with Crippen molar-refractivity contribution in [2.75, 3.05) is 0 Å². The van der Waals surface area contributed by atoms with Crippen molar-refractivity contribution < 1.29 is 0 Å². The van der Waals surface area contributed by atoms with E-state index in [4.69, 9.17) is 15.0 Å². The van der Waals surface area contributed by atoms with Crippen LogP contribution in [-0.2, 0) is 5.41 Å². The zero-order chi connectivity index (χ0) is 36.3. The van der Waals surface area contributed by atoms with Gasteiger partial charge in [-0.25, -0.2) is 15.0 Å². The number of fused-ring (bicyclic) bond motifs is 10. The molecule has 0 fully saturated rings. The molecular weight excluding hydrogens is 667 g/mol. The molecule has 0 saturated heterocycles. The molecule has 256 valence electrons. The smallest absolute Gasteiger partial charge is 0.164 e. The molecule has 3 nitrogen and oxygen atoms in total. The molecule has 3 heteroatoms. The second-order valence-corrected chi connectivity index (χ2v) is 14.3. The summed E-state index contributed by atoms with van der Waals surface area (Å²) in [4.78, 5) is 15.1. The topological polar surface area (TPSA) is 38.7 Å². The summed E-state index contributed by atoms with van der Waals surface area (Å²) in [6.07, 6.45) is 0. The summed E-state index contributed by atoms with van der Waals surface area (Å²) in [7, 11) is 0. The molecule has 0 aliphatic heterocycles. The van der Waals surface area contributed by atoms with Crippen LogP contribution in [0.5, 0.6) is 0 Å². The number of benzene rings is 8. The third-order valence-corrected chi connectivity index (χ3v) is 11.4. The summed E-state index contributed by atoms with van der Waals surface area (Å²) >= 11 is 0. The maximum Gasteiger partial charge on any atom is 0.164 e. The summed E-state index contributed by atoms with van der Waals surface area (Å²) in [5.74, 6) is 1.94. The van der Waals surface area contributed by atoms with Crippen LogP contribution in [-0.4, -0.2) is 15.0 Å². The van der Waals surface area contributed by atoms with E-state index in [1.165, 1.54) is 55.6 Å². The molecule has 0 atom stereocenters. The summed E-state index contributed by atoms with van der Waals surface area (Å²) in [6.45, 7) is 0. The quantitative estimate of drug-likeness (QED) is 0.179. The molecule has 0 bridgehead atoms. The fourth-order valence-corrected chi connectivity index (χ4v) is 8.98. The second-order valence-electron chi connectivity index (χ2n) is 14.3. The first-order chi connectivity index (χ1) is 27.3. The largest absolute Gasteiger partial charge is 0.208 e. The molecule has 11 rings (SSSR count). The lowest BCUT2D eigenvalue weighted by molar-refractivity contribution is 0.794. The lowest BCUT2D eigenvalue weighted by atomic mass is 9.70. The van der Waals surface area contributed by atoms with E-state index >= 15 is 0 Å². The molecule has 2 aliphatic carbocycles. The average molecular weight is 700 g/mol. The Morgan fingerprint density at radius 1 is 0.236 bits per heavy atom. The third-order valence-electron chi connectivity index (χ3n) is 11.4. The van der Waals surface area contributed by atoms with Gasteiger partial charge in [0.15, 0.2) is 17.5 Å². The first-order valence-electron chi connectivity index (χ1n) is 18.8. The lowest BCUT2D eigenvalue weighted by Gasteiger charge is -2.30. The van der Waals surface area contributed by atoms with Crippen molar-refractivity contribution in [3.63, 3.8) is 0 Å². The van der Waals surface area contributed by atoms with Gasteiger partial charge in [-0.1, -0.05) is 200 Å². The number of rotatable bonds is 5. The highest BCUT2D eigenvalue weighted by Gasteiger charge is 2.51.